The second-order valence-electron chi connectivity index (χ2n) is 7.22. The predicted octanol–water partition coefficient (Wildman–Crippen LogP) is -0.712. The van der Waals surface area contributed by atoms with Crippen molar-refractivity contribution in [2.75, 3.05) is 58.9 Å². The van der Waals surface area contributed by atoms with Crippen molar-refractivity contribution in [2.24, 2.45) is 0 Å². The van der Waals surface area contributed by atoms with Crippen molar-refractivity contribution in [2.45, 2.75) is 25.7 Å². The Morgan fingerprint density at radius 3 is 2.04 bits per heavy atom. The Morgan fingerprint density at radius 1 is 0.964 bits per heavy atom. The van der Waals surface area contributed by atoms with E-state index in [1.807, 2.05) is 4.90 Å². The van der Waals surface area contributed by atoms with Crippen LogP contribution in [0.5, 0.6) is 0 Å². The molecule has 0 radical (unpaired) electrons. The molecule has 2 amide bonds. The van der Waals surface area contributed by atoms with Crippen LogP contribution in [0.15, 0.2) is 9.42 Å². The van der Waals surface area contributed by atoms with Crippen molar-refractivity contribution < 1.29 is 22.5 Å². The average Bonchev–Trinajstić information content (AvgIpc) is 3.01. The van der Waals surface area contributed by atoms with Crippen molar-refractivity contribution in [3.63, 3.8) is 0 Å². The van der Waals surface area contributed by atoms with Crippen molar-refractivity contribution in [1.82, 2.24) is 24.2 Å². The van der Waals surface area contributed by atoms with E-state index in [0.29, 0.717) is 51.5 Å². The van der Waals surface area contributed by atoms with Crippen LogP contribution in [0.3, 0.4) is 0 Å². The highest BCUT2D eigenvalue weighted by atomic mass is 32.2. The summed E-state index contributed by atoms with van der Waals surface area (Å²) in [4.78, 5) is 29.6. The Balaban J connectivity index is 1.53. The molecular weight excluding hydrogens is 386 g/mol. The number of nitrogens with zero attached hydrogens (tertiary/aromatic N) is 5. The van der Waals surface area contributed by atoms with Crippen LogP contribution in [0.2, 0.25) is 0 Å². The summed E-state index contributed by atoms with van der Waals surface area (Å²) >= 11 is 0. The molecule has 0 atom stereocenters. The highest BCUT2D eigenvalue weighted by molar-refractivity contribution is 7.89. The molecule has 0 aromatic carbocycles. The summed E-state index contributed by atoms with van der Waals surface area (Å²) in [5.74, 6) is 0.327. The van der Waals surface area contributed by atoms with E-state index in [0.717, 1.165) is 0 Å². The summed E-state index contributed by atoms with van der Waals surface area (Å²) < 4.78 is 32.1. The molecular formula is C17H27N5O5S. The van der Waals surface area contributed by atoms with Crippen molar-refractivity contribution in [1.29, 1.82) is 0 Å². The van der Waals surface area contributed by atoms with Gasteiger partial charge in [0, 0.05) is 59.3 Å². The normalized spacial score (nSPS) is 19.8. The first-order valence-electron chi connectivity index (χ1n) is 9.39. The summed E-state index contributed by atoms with van der Waals surface area (Å²) in [5.41, 5.74) is 0.348. The van der Waals surface area contributed by atoms with Crippen molar-refractivity contribution in [3.05, 3.63) is 11.5 Å². The minimum absolute atomic E-state index is 0.00865. The quantitative estimate of drug-likeness (QED) is 0.642. The molecule has 28 heavy (non-hydrogen) atoms. The van der Waals surface area contributed by atoms with Crippen LogP contribution < -0.4 is 0 Å². The molecule has 1 aromatic rings. The molecule has 2 saturated heterocycles. The number of rotatable bonds is 4. The van der Waals surface area contributed by atoms with Crippen LogP contribution in [0.4, 0.5) is 0 Å². The van der Waals surface area contributed by atoms with E-state index in [4.69, 9.17) is 4.52 Å². The lowest BCUT2D eigenvalue weighted by Gasteiger charge is -2.37. The highest BCUT2D eigenvalue weighted by Gasteiger charge is 2.34. The maximum absolute atomic E-state index is 12.9. The Kier molecular flexibility index (Phi) is 6.06. The number of hydrogen-bond donors (Lipinski definition) is 0. The molecule has 0 bridgehead atoms. The van der Waals surface area contributed by atoms with Crippen LogP contribution in [0.1, 0.15) is 18.4 Å². The third-order valence-corrected chi connectivity index (χ3v) is 7.48. The lowest BCUT2D eigenvalue weighted by molar-refractivity contribution is -0.135. The summed E-state index contributed by atoms with van der Waals surface area (Å²) in [6.07, 6.45) is 0. The molecule has 0 spiro atoms. The SMILES string of the molecule is CC(=O)N1CCN(CC(=O)N2CCN(S(=O)(=O)c3c(C)noc3C)CC2)CC1. The smallest absolute Gasteiger partial charge is 0.248 e. The van der Waals surface area contributed by atoms with Gasteiger partial charge in [0.25, 0.3) is 0 Å². The first-order chi connectivity index (χ1) is 13.2. The summed E-state index contributed by atoms with van der Waals surface area (Å²) in [7, 11) is -3.68. The standard InChI is InChI=1S/C17H27N5O5S/c1-13-17(14(2)27-18-13)28(25,26)22-10-8-21(9-11-22)16(24)12-19-4-6-20(7-5-19)15(3)23/h4-12H2,1-3H3. The maximum Gasteiger partial charge on any atom is 0.248 e. The third kappa shape index (κ3) is 4.20. The fraction of sp³-hybridized carbons (Fsp3) is 0.706. The number of sulfonamides is 1. The van der Waals surface area contributed by atoms with Crippen LogP contribution in [0.25, 0.3) is 0 Å². The molecule has 2 aliphatic heterocycles. The number of hydrogen-bond acceptors (Lipinski definition) is 7. The Labute approximate surface area is 165 Å². The number of aromatic nitrogens is 1. The molecule has 1 aromatic heterocycles. The third-order valence-electron chi connectivity index (χ3n) is 5.33. The zero-order valence-corrected chi connectivity index (χ0v) is 17.4. The number of carbonyl (C=O) groups is 2. The van der Waals surface area contributed by atoms with E-state index in [1.165, 1.54) is 4.31 Å². The topological polar surface area (TPSA) is 107 Å². The minimum Gasteiger partial charge on any atom is -0.360 e. The summed E-state index contributed by atoms with van der Waals surface area (Å²) in [6, 6.07) is 0. The monoisotopic (exact) mass is 413 g/mol. The Morgan fingerprint density at radius 2 is 1.54 bits per heavy atom. The van der Waals surface area contributed by atoms with Crippen LogP contribution >= 0.6 is 0 Å². The van der Waals surface area contributed by atoms with Crippen LogP contribution in [-0.4, -0.2) is 103 Å². The van der Waals surface area contributed by atoms with Gasteiger partial charge in [0.1, 0.15) is 10.6 Å². The number of amides is 2. The second-order valence-corrected chi connectivity index (χ2v) is 9.10. The van der Waals surface area contributed by atoms with Gasteiger partial charge in [-0.1, -0.05) is 5.16 Å². The average molecular weight is 414 g/mol. The van der Waals surface area contributed by atoms with E-state index < -0.39 is 10.0 Å². The molecule has 0 unspecified atom stereocenters. The predicted molar refractivity (Wildman–Crippen MR) is 100 cm³/mol. The first kappa shape index (κ1) is 20.7. The largest absolute Gasteiger partial charge is 0.360 e. The van der Waals surface area contributed by atoms with Crippen molar-refractivity contribution in [3.8, 4) is 0 Å². The van der Waals surface area contributed by atoms with Gasteiger partial charge in [-0.15, -0.1) is 0 Å². The van der Waals surface area contributed by atoms with E-state index in [2.05, 4.69) is 5.16 Å². The van der Waals surface area contributed by atoms with Gasteiger partial charge < -0.3 is 14.3 Å². The van der Waals surface area contributed by atoms with Gasteiger partial charge in [-0.2, -0.15) is 4.31 Å². The van der Waals surface area contributed by atoms with Gasteiger partial charge >= 0.3 is 0 Å². The minimum atomic E-state index is -3.68. The molecule has 2 aliphatic rings. The van der Waals surface area contributed by atoms with Crippen molar-refractivity contribution >= 4 is 21.8 Å². The fourth-order valence-corrected chi connectivity index (χ4v) is 5.38. The second kappa shape index (κ2) is 8.18. The van der Waals surface area contributed by atoms with E-state index >= 15 is 0 Å². The van der Waals surface area contributed by atoms with Gasteiger partial charge in [0.15, 0.2) is 5.76 Å². The lowest BCUT2D eigenvalue weighted by atomic mass is 10.3. The van der Waals surface area contributed by atoms with E-state index in [9.17, 15) is 18.0 Å². The number of piperazine rings is 2. The summed E-state index contributed by atoms with van der Waals surface area (Å²) in [5, 5.41) is 3.73. The highest BCUT2D eigenvalue weighted by Crippen LogP contribution is 2.24. The van der Waals surface area contributed by atoms with Gasteiger partial charge in [-0.05, 0) is 13.8 Å². The van der Waals surface area contributed by atoms with Gasteiger partial charge in [-0.3, -0.25) is 14.5 Å². The molecule has 3 rings (SSSR count). The zero-order valence-electron chi connectivity index (χ0n) is 16.5. The molecule has 0 aliphatic carbocycles. The maximum atomic E-state index is 12.9. The summed E-state index contributed by atoms with van der Waals surface area (Å²) in [6.45, 7) is 8.85. The molecule has 0 N–H and O–H groups in total. The lowest BCUT2D eigenvalue weighted by Crippen LogP contribution is -2.55. The molecule has 3 heterocycles. The van der Waals surface area contributed by atoms with Crippen LogP contribution in [0, 0.1) is 13.8 Å². The molecule has 11 heteroatoms. The molecule has 0 saturated carbocycles. The van der Waals surface area contributed by atoms with E-state index in [-0.39, 0.29) is 35.6 Å². The van der Waals surface area contributed by atoms with Gasteiger partial charge in [0.2, 0.25) is 21.8 Å². The number of aryl methyl sites for hydroxylation is 2. The Bertz CT molecular complexity index is 817. The molecule has 2 fully saturated rings. The fourth-order valence-electron chi connectivity index (χ4n) is 3.66. The van der Waals surface area contributed by atoms with E-state index in [1.54, 1.807) is 30.6 Å². The molecule has 10 nitrogen and oxygen atoms in total. The number of carbonyl (C=O) groups excluding carboxylic acids is 2. The molecule has 156 valence electrons. The first-order valence-corrected chi connectivity index (χ1v) is 10.8. The van der Waals surface area contributed by atoms with Gasteiger partial charge in [-0.25, -0.2) is 8.42 Å². The Hall–Kier alpha value is -1.98. The van der Waals surface area contributed by atoms with Crippen LogP contribution in [-0.2, 0) is 19.6 Å². The zero-order chi connectivity index (χ0) is 20.5. The van der Waals surface area contributed by atoms with Gasteiger partial charge in [0.05, 0.1) is 6.54 Å².